The Morgan fingerprint density at radius 1 is 1.28 bits per heavy atom. The predicted octanol–water partition coefficient (Wildman–Crippen LogP) is 1.91. The van der Waals surface area contributed by atoms with Crippen LogP contribution in [0.2, 0.25) is 0 Å². The molecular formula is C18H23N7. The lowest BCUT2D eigenvalue weighted by Crippen LogP contribution is -2.35. The van der Waals surface area contributed by atoms with Gasteiger partial charge in [0.05, 0.1) is 5.69 Å². The Balaban J connectivity index is 1.30. The third kappa shape index (κ3) is 3.41. The number of anilines is 1. The van der Waals surface area contributed by atoms with Gasteiger partial charge in [-0.2, -0.15) is 5.10 Å². The number of aromatic nitrogens is 5. The second-order valence-electron chi connectivity index (χ2n) is 6.60. The molecule has 130 valence electrons. The van der Waals surface area contributed by atoms with Gasteiger partial charge in [-0.05, 0) is 25.5 Å². The molecule has 7 heteroatoms. The zero-order chi connectivity index (χ0) is 17.2. The quantitative estimate of drug-likeness (QED) is 0.744. The molecular weight excluding hydrogens is 314 g/mol. The van der Waals surface area contributed by atoms with Gasteiger partial charge in [-0.25, -0.2) is 14.6 Å². The van der Waals surface area contributed by atoms with Gasteiger partial charge < -0.3 is 10.6 Å². The van der Waals surface area contributed by atoms with Crippen LogP contribution in [0.1, 0.15) is 17.1 Å². The average molecular weight is 337 g/mol. The van der Waals surface area contributed by atoms with E-state index in [1.165, 1.54) is 5.56 Å². The van der Waals surface area contributed by atoms with Crippen LogP contribution in [0, 0.1) is 19.8 Å². The minimum Gasteiger partial charge on any atom is -0.370 e. The molecule has 7 nitrogen and oxygen atoms in total. The summed E-state index contributed by atoms with van der Waals surface area (Å²) in [4.78, 5) is 8.77. The van der Waals surface area contributed by atoms with Crippen molar-refractivity contribution in [1.82, 2.24) is 29.6 Å². The number of aryl methyl sites for hydroxylation is 2. The van der Waals surface area contributed by atoms with E-state index in [2.05, 4.69) is 42.5 Å². The monoisotopic (exact) mass is 337 g/mol. The molecule has 0 fully saturated rings. The molecule has 4 heterocycles. The van der Waals surface area contributed by atoms with Crippen LogP contribution in [-0.4, -0.2) is 37.4 Å². The Bertz CT molecular complexity index is 847. The van der Waals surface area contributed by atoms with Gasteiger partial charge in [0.1, 0.15) is 17.5 Å². The summed E-state index contributed by atoms with van der Waals surface area (Å²) in [6, 6.07) is 6.24. The third-order valence-electron chi connectivity index (χ3n) is 4.55. The Morgan fingerprint density at radius 2 is 2.20 bits per heavy atom. The first-order chi connectivity index (χ1) is 12.2. The Labute approximate surface area is 147 Å². The van der Waals surface area contributed by atoms with Crippen molar-refractivity contribution in [2.45, 2.75) is 26.9 Å². The SMILES string of the molecule is Cc1cc2n(n1)C[C@@H](CNCc1ccc(-n3ccnc3C)nc1)CN2. The van der Waals surface area contributed by atoms with E-state index in [0.29, 0.717) is 5.92 Å². The van der Waals surface area contributed by atoms with Crippen molar-refractivity contribution in [1.29, 1.82) is 0 Å². The minimum atomic E-state index is 0.535. The maximum atomic E-state index is 4.54. The van der Waals surface area contributed by atoms with Crippen LogP contribution in [-0.2, 0) is 13.1 Å². The first-order valence-electron chi connectivity index (χ1n) is 8.63. The molecule has 3 aromatic rings. The van der Waals surface area contributed by atoms with Crippen LogP contribution in [0.5, 0.6) is 0 Å². The predicted molar refractivity (Wildman–Crippen MR) is 96.7 cm³/mol. The van der Waals surface area contributed by atoms with Crippen LogP contribution in [0.25, 0.3) is 5.82 Å². The van der Waals surface area contributed by atoms with Crippen LogP contribution in [0.4, 0.5) is 5.82 Å². The van der Waals surface area contributed by atoms with E-state index < -0.39 is 0 Å². The Kier molecular flexibility index (Phi) is 4.23. The summed E-state index contributed by atoms with van der Waals surface area (Å²) in [6.45, 7) is 7.71. The molecule has 1 aliphatic heterocycles. The van der Waals surface area contributed by atoms with E-state index in [0.717, 1.165) is 49.3 Å². The third-order valence-corrected chi connectivity index (χ3v) is 4.55. The lowest BCUT2D eigenvalue weighted by molar-refractivity contribution is 0.390. The summed E-state index contributed by atoms with van der Waals surface area (Å²) in [5.41, 5.74) is 2.25. The van der Waals surface area contributed by atoms with E-state index in [9.17, 15) is 0 Å². The highest BCUT2D eigenvalue weighted by atomic mass is 15.3. The van der Waals surface area contributed by atoms with Crippen molar-refractivity contribution >= 4 is 5.82 Å². The van der Waals surface area contributed by atoms with E-state index >= 15 is 0 Å². The van der Waals surface area contributed by atoms with Gasteiger partial charge in [0.2, 0.25) is 0 Å². The largest absolute Gasteiger partial charge is 0.370 e. The molecule has 0 bridgehead atoms. The van der Waals surface area contributed by atoms with E-state index in [1.54, 1.807) is 6.20 Å². The first kappa shape index (κ1) is 15.8. The van der Waals surface area contributed by atoms with Gasteiger partial charge in [-0.1, -0.05) is 6.07 Å². The summed E-state index contributed by atoms with van der Waals surface area (Å²) in [5, 5.41) is 11.5. The maximum Gasteiger partial charge on any atom is 0.137 e. The molecule has 3 aromatic heterocycles. The fraction of sp³-hybridized carbons (Fsp3) is 0.389. The number of hydrogen-bond acceptors (Lipinski definition) is 5. The Hall–Kier alpha value is -2.67. The fourth-order valence-electron chi connectivity index (χ4n) is 3.23. The van der Waals surface area contributed by atoms with Crippen LogP contribution >= 0.6 is 0 Å². The molecule has 0 radical (unpaired) electrons. The highest BCUT2D eigenvalue weighted by molar-refractivity contribution is 5.38. The summed E-state index contributed by atoms with van der Waals surface area (Å²) in [6.07, 6.45) is 5.64. The van der Waals surface area contributed by atoms with Crippen LogP contribution in [0.3, 0.4) is 0 Å². The molecule has 0 amide bonds. The van der Waals surface area contributed by atoms with Gasteiger partial charge in [-0.15, -0.1) is 0 Å². The van der Waals surface area contributed by atoms with Gasteiger partial charge in [-0.3, -0.25) is 4.57 Å². The average Bonchev–Trinajstić information content (AvgIpc) is 3.19. The van der Waals surface area contributed by atoms with Crippen molar-refractivity contribution in [3.63, 3.8) is 0 Å². The van der Waals surface area contributed by atoms with Crippen molar-refractivity contribution in [2.24, 2.45) is 5.92 Å². The number of hydrogen-bond donors (Lipinski definition) is 2. The van der Waals surface area contributed by atoms with Gasteiger partial charge in [0, 0.05) is 56.8 Å². The summed E-state index contributed by atoms with van der Waals surface area (Å²) in [5.74, 6) is 3.50. The lowest BCUT2D eigenvalue weighted by atomic mass is 10.1. The second kappa shape index (κ2) is 6.68. The molecule has 0 saturated heterocycles. The van der Waals surface area contributed by atoms with E-state index in [-0.39, 0.29) is 0 Å². The smallest absolute Gasteiger partial charge is 0.137 e. The molecule has 4 rings (SSSR count). The fourth-order valence-corrected chi connectivity index (χ4v) is 3.23. The zero-order valence-electron chi connectivity index (χ0n) is 14.6. The maximum absolute atomic E-state index is 4.54. The number of rotatable bonds is 5. The second-order valence-corrected chi connectivity index (χ2v) is 6.60. The van der Waals surface area contributed by atoms with Gasteiger partial charge in [0.15, 0.2) is 0 Å². The molecule has 0 aromatic carbocycles. The molecule has 0 unspecified atom stereocenters. The molecule has 0 spiro atoms. The molecule has 1 aliphatic rings. The lowest BCUT2D eigenvalue weighted by Gasteiger charge is -2.25. The molecule has 0 aliphatic carbocycles. The number of pyridine rings is 1. The minimum absolute atomic E-state index is 0.535. The zero-order valence-corrected chi connectivity index (χ0v) is 14.6. The standard InChI is InChI=1S/C18H23N7/c1-13-7-18-22-11-16(12-25(18)23-13)9-19-8-15-3-4-17(21-10-15)24-6-5-20-14(24)2/h3-7,10,16,19,22H,8-9,11-12H2,1-2H3/t16-/m0/s1. The number of nitrogens with zero attached hydrogens (tertiary/aromatic N) is 5. The van der Waals surface area contributed by atoms with E-state index in [1.807, 2.05) is 36.9 Å². The highest BCUT2D eigenvalue weighted by Gasteiger charge is 2.18. The molecule has 25 heavy (non-hydrogen) atoms. The van der Waals surface area contributed by atoms with Gasteiger partial charge in [0.25, 0.3) is 0 Å². The molecule has 0 saturated carbocycles. The highest BCUT2D eigenvalue weighted by Crippen LogP contribution is 2.18. The van der Waals surface area contributed by atoms with Crippen molar-refractivity contribution in [2.75, 3.05) is 18.4 Å². The molecule has 1 atom stereocenters. The summed E-state index contributed by atoms with van der Waals surface area (Å²) < 4.78 is 4.05. The number of fused-ring (bicyclic) bond motifs is 1. The normalized spacial score (nSPS) is 16.5. The van der Waals surface area contributed by atoms with Crippen LogP contribution in [0.15, 0.2) is 36.8 Å². The Morgan fingerprint density at radius 3 is 2.96 bits per heavy atom. The van der Waals surface area contributed by atoms with Crippen molar-refractivity contribution < 1.29 is 0 Å². The van der Waals surface area contributed by atoms with Crippen molar-refractivity contribution in [3.8, 4) is 5.82 Å². The summed E-state index contributed by atoms with van der Waals surface area (Å²) in [7, 11) is 0. The van der Waals surface area contributed by atoms with Gasteiger partial charge >= 0.3 is 0 Å². The first-order valence-corrected chi connectivity index (χ1v) is 8.63. The van der Waals surface area contributed by atoms with Crippen molar-refractivity contribution in [3.05, 3.63) is 53.9 Å². The molecule has 2 N–H and O–H groups in total. The topological polar surface area (TPSA) is 72.6 Å². The summed E-state index contributed by atoms with van der Waals surface area (Å²) >= 11 is 0. The van der Waals surface area contributed by atoms with Crippen LogP contribution < -0.4 is 10.6 Å². The van der Waals surface area contributed by atoms with E-state index in [4.69, 9.17) is 0 Å². The number of nitrogens with one attached hydrogen (secondary N) is 2. The number of imidazole rings is 1.